The number of ether oxygens (including phenoxy) is 5. The van der Waals surface area contributed by atoms with Crippen LogP contribution in [0.2, 0.25) is 18.1 Å². The lowest BCUT2D eigenvalue weighted by atomic mass is 10.0. The van der Waals surface area contributed by atoms with Crippen LogP contribution in [0.5, 0.6) is 5.88 Å². The lowest BCUT2D eigenvalue weighted by Crippen LogP contribution is -2.50. The Hall–Kier alpha value is -3.03. The van der Waals surface area contributed by atoms with Crippen LogP contribution in [0.4, 0.5) is 4.79 Å². The van der Waals surface area contributed by atoms with Gasteiger partial charge in [-0.3, -0.25) is 4.90 Å². The maximum absolute atomic E-state index is 14.2. The van der Waals surface area contributed by atoms with Gasteiger partial charge in [0, 0.05) is 11.8 Å². The van der Waals surface area contributed by atoms with Gasteiger partial charge in [0.1, 0.15) is 41.9 Å². The van der Waals surface area contributed by atoms with E-state index in [0.717, 1.165) is 11.1 Å². The van der Waals surface area contributed by atoms with Crippen LogP contribution in [0.1, 0.15) is 72.6 Å². The lowest BCUT2D eigenvalue weighted by molar-refractivity contribution is -0.168. The Morgan fingerprint density at radius 3 is 2.33 bits per heavy atom. The van der Waals surface area contributed by atoms with E-state index < -0.39 is 50.1 Å². The van der Waals surface area contributed by atoms with Gasteiger partial charge < -0.3 is 32.7 Å². The van der Waals surface area contributed by atoms with Crippen molar-refractivity contribution in [3.8, 4) is 5.88 Å². The van der Waals surface area contributed by atoms with Gasteiger partial charge in [-0.1, -0.05) is 51.1 Å². The molecule has 0 unspecified atom stereocenters. The Labute approximate surface area is 273 Å². The summed E-state index contributed by atoms with van der Waals surface area (Å²) in [5.74, 6) is -0.466. The third-order valence-corrected chi connectivity index (χ3v) is 13.5. The number of nitrogens with zero attached hydrogens (tertiary/aromatic N) is 4. The molecular formula is C34H50N4O7Si. The van der Waals surface area contributed by atoms with Crippen molar-refractivity contribution in [3.63, 3.8) is 0 Å². The molecule has 2 aliphatic heterocycles. The predicted octanol–water partition coefficient (Wildman–Crippen LogP) is 6.82. The highest BCUT2D eigenvalue weighted by Gasteiger charge is 2.61. The monoisotopic (exact) mass is 654 g/mol. The van der Waals surface area contributed by atoms with E-state index in [1.807, 2.05) is 75.7 Å². The smallest absolute Gasteiger partial charge is 0.411 e. The molecule has 0 N–H and O–H groups in total. The third-order valence-electron chi connectivity index (χ3n) is 9.03. The minimum Gasteiger partial charge on any atom is -0.479 e. The molecule has 0 aliphatic carbocycles. The summed E-state index contributed by atoms with van der Waals surface area (Å²) in [7, 11) is -0.616. The van der Waals surface area contributed by atoms with Crippen molar-refractivity contribution in [1.29, 1.82) is 0 Å². The van der Waals surface area contributed by atoms with Crippen LogP contribution in [0.3, 0.4) is 0 Å². The summed E-state index contributed by atoms with van der Waals surface area (Å²) >= 11 is 0. The Bertz CT molecular complexity index is 1530. The summed E-state index contributed by atoms with van der Waals surface area (Å²) in [4.78, 5) is 25.1. The molecule has 0 saturated carbocycles. The number of methoxy groups -OCH3 is 1. The second-order valence-electron chi connectivity index (χ2n) is 15.1. The maximum atomic E-state index is 14.2. The van der Waals surface area contributed by atoms with E-state index in [-0.39, 0.29) is 18.4 Å². The van der Waals surface area contributed by atoms with Crippen LogP contribution in [-0.2, 0) is 36.7 Å². The molecule has 3 aromatic rings. The number of amides is 1. The molecule has 2 aliphatic rings. The van der Waals surface area contributed by atoms with Crippen LogP contribution in [0, 0.1) is 0 Å². The minimum atomic E-state index is -2.19. The van der Waals surface area contributed by atoms with E-state index in [9.17, 15) is 4.79 Å². The Morgan fingerprint density at radius 2 is 1.70 bits per heavy atom. The molecule has 4 heterocycles. The van der Waals surface area contributed by atoms with Gasteiger partial charge in [0.2, 0.25) is 5.88 Å². The zero-order valence-corrected chi connectivity index (χ0v) is 30.1. The van der Waals surface area contributed by atoms with Crippen LogP contribution >= 0.6 is 0 Å². The predicted molar refractivity (Wildman–Crippen MR) is 177 cm³/mol. The SMILES string of the molecule is COc1ncnc2c([C@H]3[C@@H]4OC(C)(C)O[C@@H]4[C@@H](CO[Si](C)(C)C(C)(C)C)N3C(=O)OC(C)(C)C)cn(COCc3ccccc3)c12. The molecule has 5 rings (SSSR count). The molecule has 1 aromatic carbocycles. The summed E-state index contributed by atoms with van der Waals surface area (Å²) in [6, 6.07) is 8.90. The first kappa shape index (κ1) is 34.3. The number of fused-ring (bicyclic) bond motifs is 2. The topological polar surface area (TPSA) is 106 Å². The molecule has 11 nitrogen and oxygen atoms in total. The average Bonchev–Trinajstić information content (AvgIpc) is 3.57. The zero-order valence-electron chi connectivity index (χ0n) is 29.1. The van der Waals surface area contributed by atoms with Crippen molar-refractivity contribution in [2.45, 2.75) is 123 Å². The van der Waals surface area contributed by atoms with E-state index in [1.165, 1.54) is 6.33 Å². The second-order valence-corrected chi connectivity index (χ2v) is 19.9. The van der Waals surface area contributed by atoms with Crippen LogP contribution in [0.25, 0.3) is 11.0 Å². The van der Waals surface area contributed by atoms with Crippen LogP contribution in [-0.4, -0.2) is 77.2 Å². The Kier molecular flexibility index (Phi) is 9.35. The molecule has 2 fully saturated rings. The standard InChI is InChI=1S/C34H50N4O7Si/c1-32(2,3)45-31(39)38-24(19-42-46(10,11)33(4,5)6)28-29(44-34(7,8)43-28)26(38)23-17-37(21-41-18-22-15-13-12-14-16-22)27-25(23)35-20-36-30(27)40-9/h12-17,20,24,26,28-29H,18-19,21H2,1-11H3/t24-,26+,28-,29+/m1/s1. The quantitative estimate of drug-likeness (QED) is 0.230. The van der Waals surface area contributed by atoms with E-state index in [4.69, 9.17) is 33.1 Å². The average molecular weight is 655 g/mol. The number of carbonyl (C=O) groups excluding carboxylic acids is 1. The van der Waals surface area contributed by atoms with Crippen molar-refractivity contribution in [3.05, 3.63) is 54.0 Å². The summed E-state index contributed by atoms with van der Waals surface area (Å²) in [6.45, 7) is 21.3. The van der Waals surface area contributed by atoms with Gasteiger partial charge in [0.25, 0.3) is 0 Å². The highest BCUT2D eigenvalue weighted by Crippen LogP contribution is 2.50. The molecule has 1 amide bonds. The minimum absolute atomic E-state index is 0.0197. The molecular weight excluding hydrogens is 604 g/mol. The third kappa shape index (κ3) is 6.96. The first-order chi connectivity index (χ1) is 21.4. The molecule has 2 saturated heterocycles. The highest BCUT2D eigenvalue weighted by molar-refractivity contribution is 6.74. The van der Waals surface area contributed by atoms with Crippen LogP contribution < -0.4 is 4.74 Å². The molecule has 4 atom stereocenters. The molecule has 12 heteroatoms. The molecule has 0 radical (unpaired) electrons. The van der Waals surface area contributed by atoms with E-state index in [0.29, 0.717) is 23.5 Å². The van der Waals surface area contributed by atoms with Crippen molar-refractivity contribution in [2.75, 3.05) is 13.7 Å². The molecule has 46 heavy (non-hydrogen) atoms. The fourth-order valence-electron chi connectivity index (χ4n) is 5.89. The Morgan fingerprint density at radius 1 is 1.02 bits per heavy atom. The molecule has 0 spiro atoms. The number of benzene rings is 1. The molecule has 2 aromatic heterocycles. The van der Waals surface area contributed by atoms with Gasteiger partial charge in [-0.2, -0.15) is 4.98 Å². The van der Waals surface area contributed by atoms with Gasteiger partial charge in [0.05, 0.1) is 32.4 Å². The summed E-state index contributed by atoms with van der Waals surface area (Å²) in [6.07, 6.45) is 1.98. The van der Waals surface area contributed by atoms with Crippen molar-refractivity contribution in [1.82, 2.24) is 19.4 Å². The van der Waals surface area contributed by atoms with E-state index >= 15 is 0 Å². The fraction of sp³-hybridized carbons (Fsp3) is 0.618. The largest absolute Gasteiger partial charge is 0.479 e. The Balaban J connectivity index is 1.60. The maximum Gasteiger partial charge on any atom is 0.411 e. The molecule has 0 bridgehead atoms. The van der Waals surface area contributed by atoms with Gasteiger partial charge in [-0.15, -0.1) is 0 Å². The molecule has 252 valence electrons. The summed E-state index contributed by atoms with van der Waals surface area (Å²) in [5, 5.41) is -0.0197. The summed E-state index contributed by atoms with van der Waals surface area (Å²) in [5.41, 5.74) is 2.38. The number of likely N-dealkylation sites (tertiary alicyclic amines) is 1. The van der Waals surface area contributed by atoms with Gasteiger partial charge in [0.15, 0.2) is 14.1 Å². The number of rotatable bonds is 9. The highest BCUT2D eigenvalue weighted by atomic mass is 28.4. The fourth-order valence-corrected chi connectivity index (χ4v) is 6.91. The normalized spacial score (nSPS) is 23.2. The van der Waals surface area contributed by atoms with E-state index in [2.05, 4.69) is 38.8 Å². The zero-order chi connectivity index (χ0) is 33.7. The van der Waals surface area contributed by atoms with Crippen molar-refractivity contribution < 1.29 is 32.9 Å². The number of hydrogen-bond acceptors (Lipinski definition) is 9. The van der Waals surface area contributed by atoms with Crippen molar-refractivity contribution >= 4 is 25.4 Å². The second kappa shape index (κ2) is 12.5. The van der Waals surface area contributed by atoms with Gasteiger partial charge in [-0.25, -0.2) is 9.78 Å². The van der Waals surface area contributed by atoms with E-state index in [1.54, 1.807) is 12.0 Å². The summed E-state index contributed by atoms with van der Waals surface area (Å²) < 4.78 is 39.7. The van der Waals surface area contributed by atoms with Crippen molar-refractivity contribution in [2.24, 2.45) is 0 Å². The lowest BCUT2D eigenvalue weighted by Gasteiger charge is -2.40. The van der Waals surface area contributed by atoms with Gasteiger partial charge in [-0.05, 0) is 58.3 Å². The number of carbonyl (C=O) groups is 1. The number of aromatic nitrogens is 3. The number of hydrogen-bond donors (Lipinski definition) is 0. The first-order valence-corrected chi connectivity index (χ1v) is 18.8. The van der Waals surface area contributed by atoms with Gasteiger partial charge >= 0.3 is 6.09 Å². The van der Waals surface area contributed by atoms with Crippen LogP contribution in [0.15, 0.2) is 42.9 Å². The first-order valence-electron chi connectivity index (χ1n) is 15.9.